The van der Waals surface area contributed by atoms with Gasteiger partial charge in [0.05, 0.1) is 39.5 Å². The summed E-state index contributed by atoms with van der Waals surface area (Å²) in [5, 5.41) is 0. The monoisotopic (exact) mass is 654 g/mol. The summed E-state index contributed by atoms with van der Waals surface area (Å²) in [5.74, 6) is 0. The number of halogens is 12. The Morgan fingerprint density at radius 3 is 1.12 bits per heavy atom. The maximum atomic E-state index is 9.87. The Hall–Kier alpha value is -1.64. The van der Waals surface area contributed by atoms with Gasteiger partial charge in [-0.25, -0.2) is 18.3 Å². The molecule has 6 nitrogen and oxygen atoms in total. The van der Waals surface area contributed by atoms with E-state index in [-0.39, 0.29) is 0 Å². The minimum absolute atomic E-state index is 0.652. The number of imidazole rings is 2. The summed E-state index contributed by atoms with van der Waals surface area (Å²) in [6.07, 6.45) is 17.7. The summed E-state index contributed by atoms with van der Waals surface area (Å²) in [7, 11) is -21.3. The van der Waals surface area contributed by atoms with Crippen LogP contribution in [0.25, 0.3) is 0 Å². The predicted molar refractivity (Wildman–Crippen MR) is 128 cm³/mol. The Balaban J connectivity index is 0.000000894. The van der Waals surface area contributed by atoms with Crippen molar-refractivity contribution in [3.8, 4) is 0 Å². The van der Waals surface area contributed by atoms with E-state index < -0.39 is 15.6 Å². The second-order valence-electron chi connectivity index (χ2n) is 8.63. The Morgan fingerprint density at radius 2 is 0.850 bits per heavy atom. The van der Waals surface area contributed by atoms with Crippen molar-refractivity contribution in [1.82, 2.24) is 9.13 Å². The Morgan fingerprint density at radius 1 is 0.550 bits per heavy atom. The first-order valence-electron chi connectivity index (χ1n) is 12.1. The molecule has 0 aliphatic rings. The molecule has 0 atom stereocenters. The van der Waals surface area contributed by atoms with E-state index in [1.165, 1.54) is 25.7 Å². The normalized spacial score (nSPS) is 15.4. The van der Waals surface area contributed by atoms with Crippen LogP contribution in [0.4, 0.5) is 50.4 Å². The van der Waals surface area contributed by atoms with Gasteiger partial charge in [-0.15, -0.1) is 0 Å². The van der Waals surface area contributed by atoms with Gasteiger partial charge in [0.15, 0.2) is 0 Å². The van der Waals surface area contributed by atoms with Crippen LogP contribution in [0.2, 0.25) is 0 Å². The summed E-state index contributed by atoms with van der Waals surface area (Å²) in [6, 6.07) is 0. The molecule has 0 radical (unpaired) electrons. The van der Waals surface area contributed by atoms with Crippen molar-refractivity contribution in [3.05, 3.63) is 37.4 Å². The van der Waals surface area contributed by atoms with Crippen LogP contribution in [0, 0.1) is 0 Å². The van der Waals surface area contributed by atoms with E-state index in [2.05, 4.69) is 69.6 Å². The molecular weight excluding hydrogens is 618 g/mol. The van der Waals surface area contributed by atoms with Gasteiger partial charge in [0.1, 0.15) is 37.9 Å². The van der Waals surface area contributed by atoms with Gasteiger partial charge in [0.25, 0.3) is 0 Å². The number of hydrogen-bond acceptors (Lipinski definition) is 2. The number of rotatable bonds is 15. The van der Waals surface area contributed by atoms with E-state index in [9.17, 15) is 50.4 Å². The molecule has 0 aliphatic carbocycles. The number of aromatic nitrogens is 4. The number of ether oxygens (including phenoxy) is 2. The Bertz CT molecular complexity index is 890. The van der Waals surface area contributed by atoms with E-state index in [1.807, 2.05) is 0 Å². The number of unbranched alkanes of at least 4 members (excludes halogenated alkanes) is 2. The third kappa shape index (κ3) is 36.4. The van der Waals surface area contributed by atoms with Crippen molar-refractivity contribution >= 4 is 15.6 Å². The second-order valence-corrected chi connectivity index (χ2v) is 12.5. The second kappa shape index (κ2) is 13.6. The van der Waals surface area contributed by atoms with Crippen LogP contribution in [0.5, 0.6) is 0 Å². The molecule has 2 aromatic rings. The molecule has 0 saturated heterocycles. The van der Waals surface area contributed by atoms with Crippen LogP contribution in [-0.2, 0) is 35.7 Å². The molecule has 0 fully saturated rings. The van der Waals surface area contributed by atoms with Gasteiger partial charge < -0.3 is 9.47 Å². The molecule has 20 heteroatoms. The van der Waals surface area contributed by atoms with E-state index >= 15 is 0 Å². The molecule has 40 heavy (non-hydrogen) atoms. The molecule has 0 aromatic carbocycles. The molecule has 2 aromatic heterocycles. The zero-order valence-electron chi connectivity index (χ0n) is 22.0. The van der Waals surface area contributed by atoms with Crippen LogP contribution in [0.1, 0.15) is 39.5 Å². The molecule has 0 unspecified atom stereocenters. The van der Waals surface area contributed by atoms with Gasteiger partial charge in [-0.05, 0) is 12.8 Å². The van der Waals surface area contributed by atoms with Gasteiger partial charge >= 0.3 is 66.0 Å². The minimum atomic E-state index is -10.7. The SMILES string of the molecule is CCCC[n+]1ccn(CCOCCOCCn2cc[n+](CCCC)c2)c1.F[P-](F)(F)(F)(F)F.F[P-](F)(F)(F)(F)F. The van der Waals surface area contributed by atoms with E-state index in [0.717, 1.165) is 39.4 Å². The predicted octanol–water partition coefficient (Wildman–Crippen LogP) is 8.96. The maximum absolute atomic E-state index is 10.7. The average molecular weight is 654 g/mol. The van der Waals surface area contributed by atoms with Crippen LogP contribution >= 0.6 is 15.6 Å². The molecule has 0 aliphatic heterocycles. The standard InChI is InChI=1S/C20H36N4O2.2F6P/c1-3-5-7-21-9-11-23(19-21)13-15-25-17-18-26-16-14-24-12-10-22(20-24)8-6-4-2;2*1-7(2,3,4,5)6/h9-12,19-20H,3-8,13-18H2,1-2H3;;/q+2;2*-1. The molecular formula is C20H36F12N4O2P2. The summed E-state index contributed by atoms with van der Waals surface area (Å²) >= 11 is 0. The third-order valence-electron chi connectivity index (χ3n) is 4.39. The molecule has 0 saturated carbocycles. The van der Waals surface area contributed by atoms with Gasteiger partial charge in [-0.1, -0.05) is 26.7 Å². The van der Waals surface area contributed by atoms with Gasteiger partial charge in [-0.2, -0.15) is 0 Å². The fraction of sp³-hybridized carbons (Fsp3) is 0.700. The first-order valence-corrected chi connectivity index (χ1v) is 16.2. The molecule has 0 spiro atoms. The zero-order chi connectivity index (χ0) is 31.3. The first kappa shape index (κ1) is 38.4. The Labute approximate surface area is 223 Å². The summed E-state index contributed by atoms with van der Waals surface area (Å²) in [4.78, 5) is 0. The van der Waals surface area contributed by atoms with Crippen molar-refractivity contribution in [2.75, 3.05) is 26.4 Å². The molecule has 2 heterocycles. The number of nitrogens with zero attached hydrogens (tertiary/aromatic N) is 4. The molecule has 242 valence electrons. The van der Waals surface area contributed by atoms with E-state index in [4.69, 9.17) is 9.47 Å². The zero-order valence-corrected chi connectivity index (χ0v) is 23.8. The molecule has 0 N–H and O–H groups in total. The van der Waals surface area contributed by atoms with Gasteiger partial charge in [-0.3, -0.25) is 0 Å². The van der Waals surface area contributed by atoms with Gasteiger partial charge in [0, 0.05) is 0 Å². The third-order valence-corrected chi connectivity index (χ3v) is 4.39. The van der Waals surface area contributed by atoms with Crippen molar-refractivity contribution in [3.63, 3.8) is 0 Å². The quantitative estimate of drug-likeness (QED) is 0.0833. The average Bonchev–Trinajstić information content (AvgIpc) is 3.37. The van der Waals surface area contributed by atoms with E-state index in [0.29, 0.717) is 13.2 Å². The molecule has 0 amide bonds. The van der Waals surface area contributed by atoms with Crippen molar-refractivity contribution in [2.24, 2.45) is 0 Å². The fourth-order valence-corrected chi connectivity index (χ4v) is 2.75. The van der Waals surface area contributed by atoms with Crippen LogP contribution in [-0.4, -0.2) is 35.6 Å². The first-order chi connectivity index (χ1) is 17.7. The van der Waals surface area contributed by atoms with Crippen LogP contribution < -0.4 is 9.13 Å². The van der Waals surface area contributed by atoms with Crippen molar-refractivity contribution in [1.29, 1.82) is 0 Å². The molecule has 0 bridgehead atoms. The van der Waals surface area contributed by atoms with Crippen molar-refractivity contribution < 1.29 is 69.0 Å². The Kier molecular flexibility index (Phi) is 13.0. The fourth-order valence-electron chi connectivity index (χ4n) is 2.75. The number of aryl methyl sites for hydroxylation is 2. The van der Waals surface area contributed by atoms with Crippen LogP contribution in [0.15, 0.2) is 37.4 Å². The summed E-state index contributed by atoms with van der Waals surface area (Å²) in [5.41, 5.74) is 0. The number of hydrogen-bond donors (Lipinski definition) is 0. The summed E-state index contributed by atoms with van der Waals surface area (Å²) in [6.45, 7) is 11.2. The topological polar surface area (TPSA) is 36.1 Å². The van der Waals surface area contributed by atoms with E-state index in [1.54, 1.807) is 0 Å². The van der Waals surface area contributed by atoms with Gasteiger partial charge in [0.2, 0.25) is 12.7 Å². The molecule has 2 rings (SSSR count). The van der Waals surface area contributed by atoms with Crippen LogP contribution in [0.3, 0.4) is 0 Å². The van der Waals surface area contributed by atoms with Crippen molar-refractivity contribution in [2.45, 2.75) is 65.7 Å². The summed E-state index contributed by atoms with van der Waals surface area (Å²) < 4.78 is 139.